The van der Waals surface area contributed by atoms with Crippen LogP contribution in [0.15, 0.2) is 30.3 Å². The van der Waals surface area contributed by atoms with Crippen molar-refractivity contribution in [2.75, 3.05) is 18.5 Å². The summed E-state index contributed by atoms with van der Waals surface area (Å²) in [6.45, 7) is 4.55. The molecule has 1 N–H and O–H groups in total. The zero-order valence-corrected chi connectivity index (χ0v) is 9.60. The van der Waals surface area contributed by atoms with Gasteiger partial charge in [0.05, 0.1) is 12.7 Å². The first-order valence-electron chi connectivity index (χ1n) is 5.29. The second-order valence-electron chi connectivity index (χ2n) is 3.55. The highest BCUT2D eigenvalue weighted by Crippen LogP contribution is 2.05. The van der Waals surface area contributed by atoms with E-state index >= 15 is 0 Å². The number of benzene rings is 1. The first-order valence-corrected chi connectivity index (χ1v) is 5.29. The number of nitrogens with one attached hydrogen (secondary N) is 1. The van der Waals surface area contributed by atoms with Gasteiger partial charge in [-0.15, -0.1) is 0 Å². The third-order valence-electron chi connectivity index (χ3n) is 1.79. The average Bonchev–Trinajstić information content (AvgIpc) is 2.25. The zero-order chi connectivity index (χ0) is 11.8. The van der Waals surface area contributed by atoms with Crippen molar-refractivity contribution in [3.63, 3.8) is 0 Å². The molecule has 0 heterocycles. The maximum atomic E-state index is 11.3. The number of hydrogen-bond acceptors (Lipinski definition) is 3. The molecule has 0 aliphatic heterocycles. The van der Waals surface area contributed by atoms with E-state index in [0.717, 1.165) is 5.69 Å². The molecule has 4 nitrogen and oxygen atoms in total. The first-order chi connectivity index (χ1) is 7.68. The fourth-order valence-electron chi connectivity index (χ4n) is 1.09. The van der Waals surface area contributed by atoms with E-state index in [1.807, 2.05) is 32.0 Å². The summed E-state index contributed by atoms with van der Waals surface area (Å²) in [5.74, 6) is 0. The minimum atomic E-state index is -0.460. The first kappa shape index (κ1) is 12.5. The molecule has 1 amide bonds. The molecule has 0 aliphatic carbocycles. The van der Waals surface area contributed by atoms with E-state index in [1.165, 1.54) is 0 Å². The fourth-order valence-corrected chi connectivity index (χ4v) is 1.09. The molecule has 0 radical (unpaired) electrons. The smallest absolute Gasteiger partial charge is 0.411 e. The van der Waals surface area contributed by atoms with Crippen LogP contribution >= 0.6 is 0 Å². The molecule has 1 rings (SSSR count). The molecule has 0 fully saturated rings. The standard InChI is InChI=1S/C12H17NO3.H2/c1-10(2)15-8-9-16-12(14)13-11-6-4-3-5-7-11;/h3-7,10H,8-9H2,1-2H3,(H,13,14);1H. The molecular weight excluding hydrogens is 206 g/mol. The van der Waals surface area contributed by atoms with E-state index in [4.69, 9.17) is 9.47 Å². The summed E-state index contributed by atoms with van der Waals surface area (Å²) in [6.07, 6.45) is -0.306. The molecule has 0 unspecified atom stereocenters. The van der Waals surface area contributed by atoms with Crippen LogP contribution in [-0.4, -0.2) is 25.4 Å². The van der Waals surface area contributed by atoms with E-state index in [2.05, 4.69) is 5.32 Å². The van der Waals surface area contributed by atoms with Crippen LogP contribution in [-0.2, 0) is 9.47 Å². The Hall–Kier alpha value is -1.55. The molecule has 1 aromatic carbocycles. The van der Waals surface area contributed by atoms with Crippen molar-refractivity contribution in [1.29, 1.82) is 0 Å². The third kappa shape index (κ3) is 5.36. The number of ether oxygens (including phenoxy) is 2. The number of amides is 1. The molecule has 0 spiro atoms. The maximum absolute atomic E-state index is 11.3. The van der Waals surface area contributed by atoms with Crippen LogP contribution in [0.4, 0.5) is 10.5 Å². The molecule has 4 heteroatoms. The molecule has 0 atom stereocenters. The number of hydrogen-bond donors (Lipinski definition) is 1. The quantitative estimate of drug-likeness (QED) is 0.784. The third-order valence-corrected chi connectivity index (χ3v) is 1.79. The van der Waals surface area contributed by atoms with E-state index in [9.17, 15) is 4.79 Å². The summed E-state index contributed by atoms with van der Waals surface area (Å²) < 4.78 is 10.2. The average molecular weight is 225 g/mol. The van der Waals surface area contributed by atoms with Crippen LogP contribution in [0, 0.1) is 0 Å². The maximum Gasteiger partial charge on any atom is 0.411 e. The number of para-hydroxylation sites is 1. The van der Waals surface area contributed by atoms with Gasteiger partial charge in [0, 0.05) is 7.11 Å². The fraction of sp³-hybridized carbons (Fsp3) is 0.417. The van der Waals surface area contributed by atoms with E-state index in [-0.39, 0.29) is 14.1 Å². The molecule has 0 aliphatic rings. The van der Waals surface area contributed by atoms with Gasteiger partial charge in [0.2, 0.25) is 0 Å². The highest BCUT2D eigenvalue weighted by molar-refractivity contribution is 5.84. The summed E-state index contributed by atoms with van der Waals surface area (Å²) >= 11 is 0. The van der Waals surface area contributed by atoms with Gasteiger partial charge in [-0.2, -0.15) is 0 Å². The van der Waals surface area contributed by atoms with Gasteiger partial charge in [-0.3, -0.25) is 5.32 Å². The van der Waals surface area contributed by atoms with Gasteiger partial charge in [-0.25, -0.2) is 4.79 Å². The van der Waals surface area contributed by atoms with Crippen LogP contribution in [0.1, 0.15) is 15.3 Å². The Morgan fingerprint density at radius 1 is 1.31 bits per heavy atom. The van der Waals surface area contributed by atoms with Crippen LogP contribution in [0.25, 0.3) is 0 Å². The number of anilines is 1. The topological polar surface area (TPSA) is 47.6 Å². The normalized spacial score (nSPS) is 10.2. The molecule has 1 aromatic rings. The van der Waals surface area contributed by atoms with Crippen molar-refractivity contribution < 1.29 is 15.7 Å². The molecule has 0 aromatic heterocycles. The van der Waals surface area contributed by atoms with Gasteiger partial charge < -0.3 is 9.47 Å². The lowest BCUT2D eigenvalue weighted by Gasteiger charge is -2.09. The van der Waals surface area contributed by atoms with E-state index in [1.54, 1.807) is 12.1 Å². The van der Waals surface area contributed by atoms with Crippen molar-refractivity contribution in [3.8, 4) is 0 Å². The van der Waals surface area contributed by atoms with Crippen molar-refractivity contribution in [2.24, 2.45) is 0 Å². The Morgan fingerprint density at radius 2 is 2.00 bits per heavy atom. The minimum absolute atomic E-state index is 0. The number of carbonyl (C=O) groups excluding carboxylic acids is 1. The van der Waals surface area contributed by atoms with Crippen LogP contribution in [0.5, 0.6) is 0 Å². The van der Waals surface area contributed by atoms with E-state index in [0.29, 0.717) is 6.61 Å². The van der Waals surface area contributed by atoms with Crippen molar-refractivity contribution >= 4 is 11.8 Å². The Kier molecular flexibility index (Phi) is 5.36. The van der Waals surface area contributed by atoms with Gasteiger partial charge in [-0.05, 0) is 26.0 Å². The lowest BCUT2D eigenvalue weighted by atomic mass is 10.3. The molecule has 0 saturated heterocycles. The van der Waals surface area contributed by atoms with Gasteiger partial charge in [0.25, 0.3) is 0 Å². The summed E-state index contributed by atoms with van der Waals surface area (Å²) in [5, 5.41) is 2.61. The van der Waals surface area contributed by atoms with Gasteiger partial charge in [0.15, 0.2) is 0 Å². The van der Waals surface area contributed by atoms with Gasteiger partial charge in [0.1, 0.15) is 6.61 Å². The second-order valence-corrected chi connectivity index (χ2v) is 3.55. The molecule has 0 bridgehead atoms. The van der Waals surface area contributed by atoms with Crippen LogP contribution < -0.4 is 5.32 Å². The lowest BCUT2D eigenvalue weighted by molar-refractivity contribution is 0.0427. The Balaban J connectivity index is 0.00000256. The van der Waals surface area contributed by atoms with Crippen LogP contribution in [0.3, 0.4) is 0 Å². The second kappa shape index (κ2) is 6.85. The van der Waals surface area contributed by atoms with E-state index < -0.39 is 6.09 Å². The zero-order valence-electron chi connectivity index (χ0n) is 9.60. The highest BCUT2D eigenvalue weighted by atomic mass is 16.6. The van der Waals surface area contributed by atoms with Crippen LogP contribution in [0.2, 0.25) is 0 Å². The van der Waals surface area contributed by atoms with Gasteiger partial charge in [-0.1, -0.05) is 18.2 Å². The molecular formula is C12H19NO3. The monoisotopic (exact) mass is 225 g/mol. The summed E-state index contributed by atoms with van der Waals surface area (Å²) in [6, 6.07) is 9.17. The molecule has 90 valence electrons. The molecule has 0 saturated carbocycles. The minimum Gasteiger partial charge on any atom is -0.447 e. The SMILES string of the molecule is CC(C)OCCOC(=O)Nc1ccccc1.[HH]. The highest BCUT2D eigenvalue weighted by Gasteiger charge is 2.02. The predicted molar refractivity (Wildman–Crippen MR) is 64.6 cm³/mol. The Bertz CT molecular complexity index is 317. The van der Waals surface area contributed by atoms with Gasteiger partial charge >= 0.3 is 6.09 Å². The number of rotatable bonds is 5. The van der Waals surface area contributed by atoms with Crippen molar-refractivity contribution in [3.05, 3.63) is 30.3 Å². The van der Waals surface area contributed by atoms with Crippen molar-refractivity contribution in [2.45, 2.75) is 20.0 Å². The largest absolute Gasteiger partial charge is 0.447 e. The lowest BCUT2D eigenvalue weighted by Crippen LogP contribution is -2.17. The molecule has 16 heavy (non-hydrogen) atoms. The number of carbonyl (C=O) groups is 1. The summed E-state index contributed by atoms with van der Waals surface area (Å²) in [4.78, 5) is 11.3. The predicted octanol–water partition coefficient (Wildman–Crippen LogP) is 2.91. The Morgan fingerprint density at radius 3 is 2.62 bits per heavy atom. The van der Waals surface area contributed by atoms with Crippen molar-refractivity contribution in [1.82, 2.24) is 0 Å². The summed E-state index contributed by atoms with van der Waals surface area (Å²) in [5.41, 5.74) is 0.720. The Labute approximate surface area is 97.0 Å². The summed E-state index contributed by atoms with van der Waals surface area (Å²) in [7, 11) is 0.